The zero-order valence-electron chi connectivity index (χ0n) is 21.9. The van der Waals surface area contributed by atoms with Crippen LogP contribution in [0.15, 0.2) is 42.0 Å². The molecule has 0 saturated carbocycles. The van der Waals surface area contributed by atoms with Gasteiger partial charge >= 0.3 is 15.6 Å². The molecule has 35 heavy (non-hydrogen) atoms. The number of rotatable bonds is 4. The first-order valence-electron chi connectivity index (χ1n) is 11.7. The van der Waals surface area contributed by atoms with Crippen LogP contribution in [0.3, 0.4) is 0 Å². The zero-order valence-corrected chi connectivity index (χ0v) is 23.9. The maximum atomic E-state index is 13.4. The van der Waals surface area contributed by atoms with E-state index in [1.165, 1.54) is 0 Å². The van der Waals surface area contributed by atoms with Gasteiger partial charge in [0.2, 0.25) is 0 Å². The van der Waals surface area contributed by atoms with E-state index in [0.717, 1.165) is 27.8 Å². The van der Waals surface area contributed by atoms with E-state index in [-0.39, 0.29) is 10.8 Å². The molecular formula is C27H35F3O3SSi. The Morgan fingerprint density at radius 3 is 1.83 bits per heavy atom. The van der Waals surface area contributed by atoms with E-state index in [1.54, 1.807) is 25.1 Å². The summed E-state index contributed by atoms with van der Waals surface area (Å²) >= 11 is 0. The van der Waals surface area contributed by atoms with E-state index in [2.05, 4.69) is 59.7 Å². The van der Waals surface area contributed by atoms with Gasteiger partial charge in [0.25, 0.3) is 0 Å². The molecule has 3 rings (SSSR count). The first kappa shape index (κ1) is 27.7. The molecule has 0 aliphatic heterocycles. The summed E-state index contributed by atoms with van der Waals surface area (Å²) in [6.07, 6.45) is 1.80. The normalized spacial score (nSPS) is 19.2. The van der Waals surface area contributed by atoms with E-state index < -0.39 is 29.6 Å². The molecular weight excluding hydrogens is 489 g/mol. The van der Waals surface area contributed by atoms with E-state index in [1.807, 2.05) is 19.2 Å². The van der Waals surface area contributed by atoms with Crippen LogP contribution in [0.5, 0.6) is 0 Å². The predicted octanol–water partition coefficient (Wildman–Crippen LogP) is 7.45. The third kappa shape index (κ3) is 4.89. The van der Waals surface area contributed by atoms with E-state index in [4.69, 9.17) is 4.18 Å². The lowest BCUT2D eigenvalue weighted by molar-refractivity contribution is -0.0583. The molecule has 0 spiro atoms. The largest absolute Gasteiger partial charge is 0.523 e. The molecule has 1 aliphatic rings. The van der Waals surface area contributed by atoms with Crippen LogP contribution in [0.2, 0.25) is 13.1 Å². The average Bonchev–Trinajstić information content (AvgIpc) is 2.97. The fraction of sp³-hybridized carbons (Fsp3) is 0.481. The van der Waals surface area contributed by atoms with Crippen molar-refractivity contribution in [2.45, 2.75) is 83.1 Å². The van der Waals surface area contributed by atoms with Crippen molar-refractivity contribution in [3.05, 3.63) is 64.2 Å². The first-order valence-corrected chi connectivity index (χ1v) is 16.0. The minimum atomic E-state index is -5.80. The van der Waals surface area contributed by atoms with Crippen molar-refractivity contribution in [3.63, 3.8) is 0 Å². The minimum absolute atomic E-state index is 0.113. The highest BCUT2D eigenvalue weighted by Gasteiger charge is 2.56. The van der Waals surface area contributed by atoms with Gasteiger partial charge < -0.3 is 0 Å². The van der Waals surface area contributed by atoms with Crippen LogP contribution < -0.4 is 0 Å². The molecule has 0 amide bonds. The molecule has 0 fully saturated rings. The van der Waals surface area contributed by atoms with Gasteiger partial charge in [0, 0.05) is 0 Å². The topological polar surface area (TPSA) is 43.4 Å². The van der Waals surface area contributed by atoms with Crippen molar-refractivity contribution < 1.29 is 25.8 Å². The molecule has 1 unspecified atom stereocenters. The second-order valence-electron chi connectivity index (χ2n) is 11.8. The monoisotopic (exact) mass is 524 g/mol. The summed E-state index contributed by atoms with van der Waals surface area (Å²) in [5.41, 5.74) is 0.0649. The van der Waals surface area contributed by atoms with Gasteiger partial charge in [-0.15, -0.1) is 0 Å². The molecule has 0 N–H and O–H groups in total. The molecule has 0 aromatic heterocycles. The van der Waals surface area contributed by atoms with Gasteiger partial charge in [0.15, 0.2) is 0 Å². The number of halogens is 3. The molecule has 0 heterocycles. The van der Waals surface area contributed by atoms with Crippen LogP contribution in [0.1, 0.15) is 70.7 Å². The smallest absolute Gasteiger partial charge is 0.251 e. The molecule has 1 aliphatic carbocycles. The summed E-state index contributed by atoms with van der Waals surface area (Å²) in [4.78, 5) is 0. The van der Waals surface area contributed by atoms with Crippen LogP contribution in [-0.2, 0) is 30.4 Å². The molecule has 8 heteroatoms. The lowest BCUT2D eigenvalue weighted by Crippen LogP contribution is -2.46. The number of alkyl halides is 3. The Morgan fingerprint density at radius 2 is 1.40 bits per heavy atom. The standard InChI is InChI=1S/C27H35F3O3SSi/c1-17-13-22-21(18-14-19(24(2,3)4)16-20(15-18)25(5,6)7)11-10-12-23(22)26(17,35(8)9)33-34(31,32)27(28,29)30/h10-16,35H,1-9H3. The van der Waals surface area contributed by atoms with Crippen molar-refractivity contribution in [2.75, 3.05) is 0 Å². The van der Waals surface area contributed by atoms with E-state index in [9.17, 15) is 21.6 Å². The van der Waals surface area contributed by atoms with Crippen molar-refractivity contribution >= 4 is 25.0 Å². The summed E-state index contributed by atoms with van der Waals surface area (Å²) < 4.78 is 69.6. The Bertz CT molecular complexity index is 1250. The van der Waals surface area contributed by atoms with Gasteiger partial charge in [0.05, 0.1) is 8.80 Å². The molecule has 2 aromatic carbocycles. The molecule has 192 valence electrons. The Labute approximate surface area is 209 Å². The van der Waals surface area contributed by atoms with E-state index >= 15 is 0 Å². The summed E-state index contributed by atoms with van der Waals surface area (Å²) in [7, 11) is -7.98. The average molecular weight is 525 g/mol. The lowest BCUT2D eigenvalue weighted by atomic mass is 9.78. The van der Waals surface area contributed by atoms with Crippen LogP contribution in [-0.4, -0.2) is 22.7 Å². The third-order valence-electron chi connectivity index (χ3n) is 6.77. The third-order valence-corrected chi connectivity index (χ3v) is 10.5. The van der Waals surface area contributed by atoms with Crippen molar-refractivity contribution in [2.24, 2.45) is 0 Å². The second kappa shape index (κ2) is 8.59. The maximum Gasteiger partial charge on any atom is 0.523 e. The van der Waals surface area contributed by atoms with Gasteiger partial charge in [0.1, 0.15) is 5.22 Å². The Balaban J connectivity index is 2.32. The van der Waals surface area contributed by atoms with Crippen LogP contribution in [0, 0.1) is 0 Å². The number of benzene rings is 2. The molecule has 1 atom stereocenters. The molecule has 0 radical (unpaired) electrons. The molecule has 0 saturated heterocycles. The van der Waals surface area contributed by atoms with Crippen molar-refractivity contribution in [3.8, 4) is 11.1 Å². The highest BCUT2D eigenvalue weighted by atomic mass is 32.2. The fourth-order valence-electron chi connectivity index (χ4n) is 4.68. The number of fused-ring (bicyclic) bond motifs is 1. The van der Waals surface area contributed by atoms with Crippen LogP contribution in [0.25, 0.3) is 17.2 Å². The van der Waals surface area contributed by atoms with Gasteiger partial charge in [-0.3, -0.25) is 4.18 Å². The van der Waals surface area contributed by atoms with Gasteiger partial charge in [-0.05, 0) is 56.7 Å². The Kier molecular flexibility index (Phi) is 6.80. The van der Waals surface area contributed by atoms with Gasteiger partial charge in [-0.2, -0.15) is 21.6 Å². The summed E-state index contributed by atoms with van der Waals surface area (Å²) in [5.74, 6) is 0. The zero-order chi connectivity index (χ0) is 26.8. The van der Waals surface area contributed by atoms with Crippen LogP contribution >= 0.6 is 0 Å². The Hall–Kier alpha value is -1.90. The summed E-state index contributed by atoms with van der Waals surface area (Å²) in [5, 5.41) is -1.60. The highest BCUT2D eigenvalue weighted by Crippen LogP contribution is 2.50. The minimum Gasteiger partial charge on any atom is -0.251 e. The summed E-state index contributed by atoms with van der Waals surface area (Å²) in [6.45, 7) is 18.1. The van der Waals surface area contributed by atoms with Crippen molar-refractivity contribution in [1.82, 2.24) is 0 Å². The first-order chi connectivity index (χ1) is 15.7. The number of hydrogen-bond acceptors (Lipinski definition) is 3. The summed E-state index contributed by atoms with van der Waals surface area (Å²) in [6, 6.07) is 11.9. The van der Waals surface area contributed by atoms with Gasteiger partial charge in [-0.1, -0.05) is 97.1 Å². The Morgan fingerprint density at radius 1 is 0.886 bits per heavy atom. The molecule has 2 aromatic rings. The molecule has 0 bridgehead atoms. The maximum absolute atomic E-state index is 13.4. The second-order valence-corrected chi connectivity index (χ2v) is 16.4. The SMILES string of the molecule is CC1=Cc2c(-c3cc(C(C)(C)C)cc(C(C)(C)C)c3)cccc2C1(OS(=O)(=O)C(F)(F)F)[SiH](C)C. The number of hydrogen-bond donors (Lipinski definition) is 0. The highest BCUT2D eigenvalue weighted by molar-refractivity contribution is 7.87. The fourth-order valence-corrected chi connectivity index (χ4v) is 8.35. The lowest BCUT2D eigenvalue weighted by Gasteiger charge is -2.35. The van der Waals surface area contributed by atoms with Gasteiger partial charge in [-0.25, -0.2) is 0 Å². The predicted molar refractivity (Wildman–Crippen MR) is 140 cm³/mol. The van der Waals surface area contributed by atoms with Crippen molar-refractivity contribution in [1.29, 1.82) is 0 Å². The van der Waals surface area contributed by atoms with E-state index in [0.29, 0.717) is 11.1 Å². The van der Waals surface area contributed by atoms with Crippen LogP contribution in [0.4, 0.5) is 13.2 Å². The molecule has 3 nitrogen and oxygen atoms in total. The quantitative estimate of drug-likeness (QED) is 0.237.